The number of rotatable bonds is 5. The first-order chi connectivity index (χ1) is 8.46. The van der Waals surface area contributed by atoms with Crippen molar-refractivity contribution in [1.29, 1.82) is 0 Å². The van der Waals surface area contributed by atoms with Crippen LogP contribution in [0.25, 0.3) is 0 Å². The van der Waals surface area contributed by atoms with Crippen molar-refractivity contribution in [3.05, 3.63) is 23.8 Å². The molecule has 18 heavy (non-hydrogen) atoms. The second kappa shape index (κ2) is 5.13. The van der Waals surface area contributed by atoms with E-state index in [1.165, 1.54) is 0 Å². The van der Waals surface area contributed by atoms with E-state index >= 15 is 0 Å². The molecular formula is C11H16N2O4S. The number of hydrogen-bond acceptors (Lipinski definition) is 5. The van der Waals surface area contributed by atoms with Crippen LogP contribution in [0.2, 0.25) is 0 Å². The number of sulfonamides is 1. The Bertz CT molecular complexity index is 530. The van der Waals surface area contributed by atoms with Crippen LogP contribution in [-0.4, -0.2) is 27.5 Å². The largest absolute Gasteiger partial charge is 0.454 e. The Morgan fingerprint density at radius 3 is 2.83 bits per heavy atom. The number of hydrogen-bond donors (Lipinski definition) is 2. The summed E-state index contributed by atoms with van der Waals surface area (Å²) in [5.41, 5.74) is 1.01. The van der Waals surface area contributed by atoms with Gasteiger partial charge in [-0.25, -0.2) is 13.6 Å². The number of nitrogens with two attached hydrogens (primary N) is 1. The van der Waals surface area contributed by atoms with Crippen molar-refractivity contribution < 1.29 is 17.9 Å². The van der Waals surface area contributed by atoms with Gasteiger partial charge in [-0.05, 0) is 24.6 Å². The van der Waals surface area contributed by atoms with E-state index in [1.54, 1.807) is 0 Å². The van der Waals surface area contributed by atoms with Gasteiger partial charge in [-0.15, -0.1) is 0 Å². The van der Waals surface area contributed by atoms with Crippen molar-refractivity contribution in [1.82, 2.24) is 5.32 Å². The summed E-state index contributed by atoms with van der Waals surface area (Å²) in [5, 5.41) is 8.02. The van der Waals surface area contributed by atoms with E-state index in [0.717, 1.165) is 11.3 Å². The lowest BCUT2D eigenvalue weighted by Gasteiger charge is -2.14. The molecule has 6 nitrogen and oxygen atoms in total. The summed E-state index contributed by atoms with van der Waals surface area (Å²) in [6.45, 7) is 2.50. The zero-order valence-corrected chi connectivity index (χ0v) is 10.9. The molecule has 0 bridgehead atoms. The van der Waals surface area contributed by atoms with Gasteiger partial charge in [-0.2, -0.15) is 0 Å². The molecule has 1 aliphatic rings. The highest BCUT2D eigenvalue weighted by atomic mass is 32.2. The van der Waals surface area contributed by atoms with Gasteiger partial charge in [0.1, 0.15) is 0 Å². The molecule has 1 aromatic rings. The lowest BCUT2D eigenvalue weighted by molar-refractivity contribution is 0.174. The van der Waals surface area contributed by atoms with Crippen LogP contribution >= 0.6 is 0 Å². The predicted octanol–water partition coefficient (Wildman–Crippen LogP) is 0.354. The summed E-state index contributed by atoms with van der Waals surface area (Å²) >= 11 is 0. The molecule has 1 aromatic carbocycles. The quantitative estimate of drug-likeness (QED) is 0.807. The molecule has 0 saturated heterocycles. The van der Waals surface area contributed by atoms with Gasteiger partial charge in [-0.3, -0.25) is 0 Å². The van der Waals surface area contributed by atoms with Gasteiger partial charge < -0.3 is 14.8 Å². The molecule has 0 amide bonds. The number of nitrogens with one attached hydrogen (secondary N) is 1. The van der Waals surface area contributed by atoms with E-state index in [2.05, 4.69) is 5.32 Å². The summed E-state index contributed by atoms with van der Waals surface area (Å²) < 4.78 is 32.1. The number of ether oxygens (including phenoxy) is 2. The molecule has 1 atom stereocenters. The van der Waals surface area contributed by atoms with Crippen molar-refractivity contribution in [2.24, 2.45) is 5.14 Å². The molecule has 0 aromatic heterocycles. The standard InChI is InChI=1S/C11H16N2O4S/c1-8(13-4-5-18(12,14)15)9-2-3-10-11(6-9)17-7-16-10/h2-3,6,8,13H,4-5,7H2,1H3,(H2,12,14,15). The third-order valence-corrected chi connectivity index (χ3v) is 3.51. The topological polar surface area (TPSA) is 90.7 Å². The van der Waals surface area contributed by atoms with Crippen molar-refractivity contribution in [2.75, 3.05) is 19.1 Å². The SMILES string of the molecule is CC(NCCS(N)(=O)=O)c1ccc2c(c1)OCO2. The van der Waals surface area contributed by atoms with Crippen molar-refractivity contribution >= 4 is 10.0 Å². The summed E-state index contributed by atoms with van der Waals surface area (Å²) in [4.78, 5) is 0. The van der Waals surface area contributed by atoms with Gasteiger partial charge in [0.2, 0.25) is 16.8 Å². The Morgan fingerprint density at radius 1 is 1.39 bits per heavy atom. The van der Waals surface area contributed by atoms with Crippen LogP contribution in [0.3, 0.4) is 0 Å². The van der Waals surface area contributed by atoms with Crippen molar-refractivity contribution in [3.8, 4) is 11.5 Å². The van der Waals surface area contributed by atoms with E-state index < -0.39 is 10.0 Å². The van der Waals surface area contributed by atoms with E-state index in [4.69, 9.17) is 14.6 Å². The average molecular weight is 272 g/mol. The Kier molecular flexibility index (Phi) is 3.74. The normalized spacial score (nSPS) is 15.7. The molecule has 0 aliphatic carbocycles. The summed E-state index contributed by atoms with van der Waals surface area (Å²) in [6.07, 6.45) is 0. The first-order valence-electron chi connectivity index (χ1n) is 5.59. The lowest BCUT2D eigenvalue weighted by Crippen LogP contribution is -2.28. The Hall–Kier alpha value is -1.31. The maximum atomic E-state index is 10.8. The fourth-order valence-electron chi connectivity index (χ4n) is 1.72. The van der Waals surface area contributed by atoms with Gasteiger partial charge in [0.15, 0.2) is 11.5 Å². The average Bonchev–Trinajstić information content (AvgIpc) is 2.73. The molecule has 1 unspecified atom stereocenters. The minimum atomic E-state index is -3.42. The first kappa shape index (κ1) is 13.1. The van der Waals surface area contributed by atoms with Crippen molar-refractivity contribution in [2.45, 2.75) is 13.0 Å². The molecule has 0 spiro atoms. The van der Waals surface area contributed by atoms with E-state index in [-0.39, 0.29) is 18.6 Å². The lowest BCUT2D eigenvalue weighted by atomic mass is 10.1. The molecule has 2 rings (SSSR count). The Labute approximate surface area is 106 Å². The molecule has 1 heterocycles. The maximum Gasteiger partial charge on any atom is 0.231 e. The van der Waals surface area contributed by atoms with E-state index in [1.807, 2.05) is 25.1 Å². The predicted molar refractivity (Wildman–Crippen MR) is 67.0 cm³/mol. The van der Waals surface area contributed by atoms with Gasteiger partial charge >= 0.3 is 0 Å². The van der Waals surface area contributed by atoms with Gasteiger partial charge in [0.25, 0.3) is 0 Å². The maximum absolute atomic E-state index is 10.8. The fourth-order valence-corrected chi connectivity index (χ4v) is 2.12. The minimum Gasteiger partial charge on any atom is -0.454 e. The highest BCUT2D eigenvalue weighted by Gasteiger charge is 2.15. The monoisotopic (exact) mass is 272 g/mol. The van der Waals surface area contributed by atoms with Crippen molar-refractivity contribution in [3.63, 3.8) is 0 Å². The highest BCUT2D eigenvalue weighted by Crippen LogP contribution is 2.33. The van der Waals surface area contributed by atoms with Gasteiger partial charge in [0.05, 0.1) is 5.75 Å². The third kappa shape index (κ3) is 3.34. The molecule has 7 heteroatoms. The van der Waals surface area contributed by atoms with Crippen LogP contribution in [0.5, 0.6) is 11.5 Å². The molecule has 0 fully saturated rings. The molecule has 1 aliphatic heterocycles. The zero-order valence-electron chi connectivity index (χ0n) is 10.0. The minimum absolute atomic E-state index is 0.0150. The van der Waals surface area contributed by atoms with Gasteiger partial charge in [0, 0.05) is 12.6 Å². The smallest absolute Gasteiger partial charge is 0.231 e. The van der Waals surface area contributed by atoms with E-state index in [0.29, 0.717) is 12.3 Å². The summed E-state index contributed by atoms with van der Waals surface area (Å²) in [6, 6.07) is 5.66. The summed E-state index contributed by atoms with van der Waals surface area (Å²) in [7, 11) is -3.42. The Morgan fingerprint density at radius 2 is 2.11 bits per heavy atom. The zero-order chi connectivity index (χ0) is 13.2. The Balaban J connectivity index is 1.95. The second-order valence-electron chi connectivity index (χ2n) is 4.16. The number of primary sulfonamides is 1. The first-order valence-corrected chi connectivity index (χ1v) is 7.31. The van der Waals surface area contributed by atoms with Gasteiger partial charge in [-0.1, -0.05) is 6.07 Å². The van der Waals surface area contributed by atoms with Crippen LogP contribution in [0, 0.1) is 0 Å². The fraction of sp³-hybridized carbons (Fsp3) is 0.455. The highest BCUT2D eigenvalue weighted by molar-refractivity contribution is 7.89. The van der Waals surface area contributed by atoms with Crippen LogP contribution in [0.4, 0.5) is 0 Å². The molecule has 0 radical (unpaired) electrons. The second-order valence-corrected chi connectivity index (χ2v) is 5.89. The number of benzene rings is 1. The van der Waals surface area contributed by atoms with Crippen LogP contribution in [0.15, 0.2) is 18.2 Å². The van der Waals surface area contributed by atoms with Crippen LogP contribution in [-0.2, 0) is 10.0 Å². The van der Waals surface area contributed by atoms with Crippen LogP contribution in [0.1, 0.15) is 18.5 Å². The molecule has 100 valence electrons. The molecule has 3 N–H and O–H groups in total. The molecular weight excluding hydrogens is 256 g/mol. The summed E-state index contributed by atoms with van der Waals surface area (Å²) in [5.74, 6) is 1.37. The van der Waals surface area contributed by atoms with E-state index in [9.17, 15) is 8.42 Å². The molecule has 0 saturated carbocycles. The number of fused-ring (bicyclic) bond motifs is 1. The third-order valence-electron chi connectivity index (χ3n) is 2.73. The van der Waals surface area contributed by atoms with Crippen LogP contribution < -0.4 is 19.9 Å².